The number of hydrogen-bond donors (Lipinski definition) is 1. The van der Waals surface area contributed by atoms with Crippen molar-refractivity contribution in [2.75, 3.05) is 14.2 Å². The Balaban J connectivity index is 2.19. The summed E-state index contributed by atoms with van der Waals surface area (Å²) in [6.45, 7) is 0. The van der Waals surface area contributed by atoms with E-state index in [0.717, 1.165) is 12.2 Å². The molecule has 15 heavy (non-hydrogen) atoms. The standard InChI is InChI=1S/C12H16BrNO/c1-14-12(5-6-12)8-9-7-10(15-2)3-4-11(9)13/h3-4,7,14H,5-6,8H2,1-2H3. The molecule has 82 valence electrons. The van der Waals surface area contributed by atoms with Crippen molar-refractivity contribution < 1.29 is 4.74 Å². The molecule has 0 heterocycles. The van der Waals surface area contributed by atoms with Crippen LogP contribution in [0, 0.1) is 0 Å². The monoisotopic (exact) mass is 269 g/mol. The minimum absolute atomic E-state index is 0.342. The highest BCUT2D eigenvalue weighted by Crippen LogP contribution is 2.40. The van der Waals surface area contributed by atoms with Crippen LogP contribution >= 0.6 is 15.9 Å². The van der Waals surface area contributed by atoms with Gasteiger partial charge >= 0.3 is 0 Å². The minimum Gasteiger partial charge on any atom is -0.497 e. The van der Waals surface area contributed by atoms with Gasteiger partial charge < -0.3 is 10.1 Å². The van der Waals surface area contributed by atoms with Crippen LogP contribution in [0.4, 0.5) is 0 Å². The summed E-state index contributed by atoms with van der Waals surface area (Å²) in [4.78, 5) is 0. The van der Waals surface area contributed by atoms with Crippen LogP contribution in [0.1, 0.15) is 18.4 Å². The number of likely N-dealkylation sites (N-methyl/N-ethyl adjacent to an activating group) is 1. The number of rotatable bonds is 4. The highest BCUT2D eigenvalue weighted by molar-refractivity contribution is 9.10. The van der Waals surface area contributed by atoms with Crippen LogP contribution in [-0.4, -0.2) is 19.7 Å². The molecule has 2 rings (SSSR count). The highest BCUT2D eigenvalue weighted by atomic mass is 79.9. The first-order valence-electron chi connectivity index (χ1n) is 5.20. The van der Waals surface area contributed by atoms with E-state index in [2.05, 4.69) is 33.4 Å². The van der Waals surface area contributed by atoms with Gasteiger partial charge in [-0.25, -0.2) is 0 Å². The number of nitrogens with one attached hydrogen (secondary N) is 1. The lowest BCUT2D eigenvalue weighted by Gasteiger charge is -2.15. The fourth-order valence-electron chi connectivity index (χ4n) is 1.84. The average molecular weight is 270 g/mol. The summed E-state index contributed by atoms with van der Waals surface area (Å²) < 4.78 is 6.41. The van der Waals surface area contributed by atoms with Crippen LogP contribution in [0.5, 0.6) is 5.75 Å². The summed E-state index contributed by atoms with van der Waals surface area (Å²) in [7, 11) is 3.75. The molecule has 0 unspecified atom stereocenters. The zero-order valence-corrected chi connectivity index (χ0v) is 10.7. The molecule has 0 atom stereocenters. The van der Waals surface area contributed by atoms with Gasteiger partial charge in [-0.05, 0) is 50.1 Å². The molecule has 1 aromatic rings. The van der Waals surface area contributed by atoms with Crippen molar-refractivity contribution in [1.82, 2.24) is 5.32 Å². The van der Waals surface area contributed by atoms with Crippen LogP contribution in [0.3, 0.4) is 0 Å². The minimum atomic E-state index is 0.342. The van der Waals surface area contributed by atoms with E-state index in [1.807, 2.05) is 13.1 Å². The Morgan fingerprint density at radius 1 is 1.47 bits per heavy atom. The van der Waals surface area contributed by atoms with Crippen LogP contribution in [0.15, 0.2) is 22.7 Å². The second kappa shape index (κ2) is 4.14. The first-order valence-corrected chi connectivity index (χ1v) is 6.00. The van der Waals surface area contributed by atoms with Crippen LogP contribution < -0.4 is 10.1 Å². The third-order valence-electron chi connectivity index (χ3n) is 3.17. The maximum atomic E-state index is 5.24. The van der Waals surface area contributed by atoms with Gasteiger partial charge in [0.05, 0.1) is 7.11 Å². The summed E-state index contributed by atoms with van der Waals surface area (Å²) >= 11 is 3.59. The third kappa shape index (κ3) is 2.34. The molecule has 0 spiro atoms. The van der Waals surface area contributed by atoms with Gasteiger partial charge in [-0.15, -0.1) is 0 Å². The van der Waals surface area contributed by atoms with Crippen molar-refractivity contribution in [1.29, 1.82) is 0 Å². The SMILES string of the molecule is CNC1(Cc2cc(OC)ccc2Br)CC1. The number of ether oxygens (including phenoxy) is 1. The lowest BCUT2D eigenvalue weighted by atomic mass is 10.0. The predicted molar refractivity (Wildman–Crippen MR) is 65.4 cm³/mol. The first kappa shape index (κ1) is 11.0. The molecule has 0 radical (unpaired) electrons. The normalized spacial score (nSPS) is 17.5. The van der Waals surface area contributed by atoms with Gasteiger partial charge in [0.25, 0.3) is 0 Å². The summed E-state index contributed by atoms with van der Waals surface area (Å²) in [6, 6.07) is 6.15. The molecule has 3 heteroatoms. The second-order valence-corrected chi connectivity index (χ2v) is 5.02. The number of methoxy groups -OCH3 is 1. The van der Waals surface area contributed by atoms with Crippen molar-refractivity contribution >= 4 is 15.9 Å². The largest absolute Gasteiger partial charge is 0.497 e. The molecule has 1 aromatic carbocycles. The van der Waals surface area contributed by atoms with Gasteiger partial charge in [-0.1, -0.05) is 15.9 Å². The summed E-state index contributed by atoms with van der Waals surface area (Å²) in [6.07, 6.45) is 3.61. The average Bonchev–Trinajstić information content (AvgIpc) is 3.02. The number of hydrogen-bond acceptors (Lipinski definition) is 2. The van der Waals surface area contributed by atoms with E-state index in [1.165, 1.54) is 22.9 Å². The molecule has 1 aliphatic carbocycles. The third-order valence-corrected chi connectivity index (χ3v) is 3.94. The Labute approximate surface area is 99.1 Å². The summed E-state index contributed by atoms with van der Waals surface area (Å²) in [5.41, 5.74) is 1.66. The lowest BCUT2D eigenvalue weighted by Crippen LogP contribution is -2.29. The van der Waals surface area contributed by atoms with Gasteiger partial charge in [0.2, 0.25) is 0 Å². The molecular formula is C12H16BrNO. The smallest absolute Gasteiger partial charge is 0.119 e. The van der Waals surface area contributed by atoms with Crippen molar-refractivity contribution in [3.05, 3.63) is 28.2 Å². The molecule has 1 fully saturated rings. The fourth-order valence-corrected chi connectivity index (χ4v) is 2.23. The van der Waals surface area contributed by atoms with E-state index in [1.54, 1.807) is 7.11 Å². The van der Waals surface area contributed by atoms with E-state index < -0.39 is 0 Å². The van der Waals surface area contributed by atoms with Crippen LogP contribution in [-0.2, 0) is 6.42 Å². The quantitative estimate of drug-likeness (QED) is 0.908. The van der Waals surface area contributed by atoms with Crippen LogP contribution in [0.25, 0.3) is 0 Å². The molecule has 0 saturated heterocycles. The van der Waals surface area contributed by atoms with Gasteiger partial charge in [0.1, 0.15) is 5.75 Å². The molecule has 1 saturated carbocycles. The first-order chi connectivity index (χ1) is 7.19. The Hall–Kier alpha value is -0.540. The molecule has 0 aliphatic heterocycles. The second-order valence-electron chi connectivity index (χ2n) is 4.16. The number of benzene rings is 1. The topological polar surface area (TPSA) is 21.3 Å². The van der Waals surface area contributed by atoms with Gasteiger partial charge in [-0.3, -0.25) is 0 Å². The molecular weight excluding hydrogens is 254 g/mol. The van der Waals surface area contributed by atoms with E-state index in [0.29, 0.717) is 5.54 Å². The molecule has 1 aliphatic rings. The molecule has 1 N–H and O–H groups in total. The Morgan fingerprint density at radius 3 is 2.73 bits per heavy atom. The maximum absolute atomic E-state index is 5.24. The zero-order valence-electron chi connectivity index (χ0n) is 9.14. The molecule has 0 aromatic heterocycles. The van der Waals surface area contributed by atoms with Gasteiger partial charge in [-0.2, -0.15) is 0 Å². The maximum Gasteiger partial charge on any atom is 0.119 e. The fraction of sp³-hybridized carbons (Fsp3) is 0.500. The van der Waals surface area contributed by atoms with E-state index >= 15 is 0 Å². The Morgan fingerprint density at radius 2 is 2.20 bits per heavy atom. The summed E-state index contributed by atoms with van der Waals surface area (Å²) in [5, 5.41) is 3.40. The Kier molecular flexibility index (Phi) is 3.03. The zero-order chi connectivity index (χ0) is 10.9. The molecule has 0 amide bonds. The molecule has 2 nitrogen and oxygen atoms in total. The van der Waals surface area contributed by atoms with E-state index in [4.69, 9.17) is 4.74 Å². The Bertz CT molecular complexity index is 361. The van der Waals surface area contributed by atoms with E-state index in [9.17, 15) is 0 Å². The van der Waals surface area contributed by atoms with Crippen molar-refractivity contribution in [2.24, 2.45) is 0 Å². The lowest BCUT2D eigenvalue weighted by molar-refractivity contribution is 0.413. The number of halogens is 1. The van der Waals surface area contributed by atoms with Gasteiger partial charge in [0, 0.05) is 10.0 Å². The van der Waals surface area contributed by atoms with Crippen LogP contribution in [0.2, 0.25) is 0 Å². The molecule has 0 bridgehead atoms. The van der Waals surface area contributed by atoms with Crippen molar-refractivity contribution in [3.8, 4) is 5.75 Å². The van der Waals surface area contributed by atoms with Crippen molar-refractivity contribution in [2.45, 2.75) is 24.8 Å². The van der Waals surface area contributed by atoms with Gasteiger partial charge in [0.15, 0.2) is 0 Å². The highest BCUT2D eigenvalue weighted by Gasteiger charge is 2.41. The van der Waals surface area contributed by atoms with Crippen molar-refractivity contribution in [3.63, 3.8) is 0 Å². The summed E-state index contributed by atoms with van der Waals surface area (Å²) in [5.74, 6) is 0.931. The predicted octanol–water partition coefficient (Wildman–Crippen LogP) is 2.75. The van der Waals surface area contributed by atoms with E-state index in [-0.39, 0.29) is 0 Å².